The van der Waals surface area contributed by atoms with Crippen molar-refractivity contribution in [2.75, 3.05) is 12.1 Å². The summed E-state index contributed by atoms with van der Waals surface area (Å²) >= 11 is 1.51. The van der Waals surface area contributed by atoms with Crippen LogP contribution in [-0.4, -0.2) is 54.3 Å². The van der Waals surface area contributed by atoms with E-state index in [0.717, 1.165) is 73.4 Å². The number of carbonyl (C=O) groups is 4. The molecule has 61 heavy (non-hydrogen) atoms. The van der Waals surface area contributed by atoms with E-state index >= 15 is 0 Å². The number of hydrazone groups is 1. The molecule has 1 aromatic heterocycles. The molecule has 4 aliphatic rings. The lowest BCUT2D eigenvalue weighted by molar-refractivity contribution is -0.159. The first-order valence-corrected chi connectivity index (χ1v) is 24.1. The average Bonchev–Trinajstić information content (AvgIpc) is 3.72. The molecule has 3 aromatic rings. The van der Waals surface area contributed by atoms with Gasteiger partial charge in [0.15, 0.2) is 0 Å². The van der Waals surface area contributed by atoms with E-state index in [1.165, 1.54) is 37.0 Å². The monoisotopic (exact) mass is 855 g/mol. The second-order valence-electron chi connectivity index (χ2n) is 18.1. The summed E-state index contributed by atoms with van der Waals surface area (Å²) in [6, 6.07) is 12.8. The van der Waals surface area contributed by atoms with Gasteiger partial charge in [0.25, 0.3) is 0 Å². The van der Waals surface area contributed by atoms with Gasteiger partial charge in [0.2, 0.25) is 5.13 Å². The smallest absolute Gasteiger partial charge is 0.314 e. The molecule has 0 radical (unpaired) electrons. The third kappa shape index (κ3) is 12.2. The third-order valence-corrected chi connectivity index (χ3v) is 14.8. The topological polar surface area (TPSA) is 134 Å². The number of fused-ring (bicyclic) bond motifs is 1. The van der Waals surface area contributed by atoms with Crippen molar-refractivity contribution in [2.45, 2.75) is 154 Å². The molecular formula is C49H65N3O8S. The molecule has 0 atom stereocenters. The number of thiazole rings is 1. The van der Waals surface area contributed by atoms with Gasteiger partial charge in [0.1, 0.15) is 23.7 Å². The zero-order valence-corrected chi connectivity index (χ0v) is 37.2. The largest absolute Gasteiger partial charge is 0.462 e. The van der Waals surface area contributed by atoms with Crippen LogP contribution in [0.25, 0.3) is 10.2 Å². The third-order valence-electron chi connectivity index (χ3n) is 13.7. The fourth-order valence-corrected chi connectivity index (χ4v) is 10.8. The van der Waals surface area contributed by atoms with E-state index in [1.807, 2.05) is 24.3 Å². The number of para-hydroxylation sites is 1. The number of rotatable bonds is 15. The van der Waals surface area contributed by atoms with Crippen molar-refractivity contribution in [3.05, 3.63) is 48.0 Å². The second-order valence-corrected chi connectivity index (χ2v) is 19.1. The number of ether oxygens (including phenoxy) is 4. The van der Waals surface area contributed by atoms with Crippen LogP contribution >= 0.6 is 11.3 Å². The number of hydrogen-bond donors (Lipinski definition) is 0. The number of hydrogen-bond acceptors (Lipinski definition) is 12. The van der Waals surface area contributed by atoms with Crippen LogP contribution in [-0.2, 0) is 28.7 Å². The molecule has 2 aromatic carbocycles. The summed E-state index contributed by atoms with van der Waals surface area (Å²) in [5.74, 6) is 0.593. The van der Waals surface area contributed by atoms with E-state index in [-0.39, 0.29) is 59.8 Å². The molecule has 0 spiro atoms. The number of benzene rings is 2. The fourth-order valence-electron chi connectivity index (χ4n) is 9.92. The van der Waals surface area contributed by atoms with Crippen molar-refractivity contribution in [3.8, 4) is 11.5 Å². The molecule has 1 heterocycles. The standard InChI is InChI=1S/C49H65N3O8S/c1-4-8-32-12-16-34(17-13-32)45(53)57-39-24-20-36(21-25-39)47(55)59-41-28-29-43(38(30-41)31-50-52(3)49-51-42-10-6-7-11-44(42)61-49)60-48(56)37-22-26-40(27-23-37)58-46(54)35-18-14-33(9-5-2)15-19-35/h6-7,10-11,28-37,39-40H,4-5,8-9,12-27H2,1-3H3/b50-31+. The second kappa shape index (κ2) is 21.7. The molecule has 0 unspecified atom stereocenters. The highest BCUT2D eigenvalue weighted by Gasteiger charge is 2.35. The zero-order chi connectivity index (χ0) is 42.7. The van der Waals surface area contributed by atoms with Gasteiger partial charge < -0.3 is 18.9 Å². The Bertz CT molecular complexity index is 1930. The molecule has 7 rings (SSSR count). The number of aromatic nitrogens is 1. The Morgan fingerprint density at radius 2 is 1.15 bits per heavy atom. The number of carbonyl (C=O) groups excluding carboxylic acids is 4. The van der Waals surface area contributed by atoms with Gasteiger partial charge in [0.05, 0.1) is 40.1 Å². The highest BCUT2D eigenvalue weighted by atomic mass is 32.1. The Hall–Kier alpha value is -4.32. The van der Waals surface area contributed by atoms with Crippen LogP contribution in [0, 0.1) is 35.5 Å². The Morgan fingerprint density at radius 3 is 1.67 bits per heavy atom. The number of anilines is 1. The summed E-state index contributed by atoms with van der Waals surface area (Å²) in [6.45, 7) is 4.44. The first kappa shape index (κ1) is 44.7. The zero-order valence-electron chi connectivity index (χ0n) is 36.4. The molecule has 0 bridgehead atoms. The molecule has 4 saturated carbocycles. The summed E-state index contributed by atoms with van der Waals surface area (Å²) in [4.78, 5) is 57.7. The quantitative estimate of drug-likeness (QED) is 0.0629. The molecule has 11 nitrogen and oxygen atoms in total. The van der Waals surface area contributed by atoms with E-state index < -0.39 is 0 Å². The van der Waals surface area contributed by atoms with Gasteiger partial charge in [0, 0.05) is 12.6 Å². The van der Waals surface area contributed by atoms with Gasteiger partial charge in [-0.1, -0.05) is 63.0 Å². The molecule has 12 heteroatoms. The summed E-state index contributed by atoms with van der Waals surface area (Å²) in [7, 11) is 1.80. The maximum atomic E-state index is 13.6. The van der Waals surface area contributed by atoms with Crippen molar-refractivity contribution >= 4 is 56.8 Å². The Labute approximate surface area is 365 Å². The van der Waals surface area contributed by atoms with Crippen molar-refractivity contribution in [3.63, 3.8) is 0 Å². The molecular weight excluding hydrogens is 791 g/mol. The van der Waals surface area contributed by atoms with Gasteiger partial charge in [-0.15, -0.1) is 0 Å². The molecule has 330 valence electrons. The van der Waals surface area contributed by atoms with E-state index in [9.17, 15) is 19.2 Å². The molecule has 4 fully saturated rings. The van der Waals surface area contributed by atoms with Gasteiger partial charge in [-0.3, -0.25) is 19.2 Å². The maximum Gasteiger partial charge on any atom is 0.314 e. The first-order chi connectivity index (χ1) is 29.6. The molecule has 0 amide bonds. The van der Waals surface area contributed by atoms with Crippen LogP contribution in [0.2, 0.25) is 0 Å². The van der Waals surface area contributed by atoms with E-state index in [2.05, 4.69) is 18.9 Å². The SMILES string of the molecule is CCCC1CCC(C(=O)OC2CCC(C(=O)Oc3ccc(OC(=O)C4CCC(OC(=O)C5CCC(CCC)CC5)CC4)c(/C=N/N(C)c4nc5ccccc5s4)c3)CC2)CC1. The Balaban J connectivity index is 0.942. The minimum absolute atomic E-state index is 0.00659. The van der Waals surface area contributed by atoms with Crippen molar-refractivity contribution in [2.24, 2.45) is 40.6 Å². The lowest BCUT2D eigenvalue weighted by atomic mass is 9.80. The maximum absolute atomic E-state index is 13.6. The van der Waals surface area contributed by atoms with E-state index in [4.69, 9.17) is 23.9 Å². The predicted molar refractivity (Wildman–Crippen MR) is 238 cm³/mol. The van der Waals surface area contributed by atoms with Crippen molar-refractivity contribution < 1.29 is 38.1 Å². The highest BCUT2D eigenvalue weighted by Crippen LogP contribution is 2.37. The van der Waals surface area contributed by atoms with Gasteiger partial charge in [-0.05, 0) is 145 Å². The van der Waals surface area contributed by atoms with Crippen molar-refractivity contribution in [1.82, 2.24) is 4.98 Å². The molecule has 4 aliphatic carbocycles. The van der Waals surface area contributed by atoms with Crippen molar-refractivity contribution in [1.29, 1.82) is 0 Å². The molecule has 0 saturated heterocycles. The van der Waals surface area contributed by atoms with Gasteiger partial charge in [-0.25, -0.2) is 9.99 Å². The Kier molecular flexibility index (Phi) is 15.9. The molecule has 0 N–H and O–H groups in total. The van der Waals surface area contributed by atoms with Gasteiger partial charge in [-0.2, -0.15) is 5.10 Å². The first-order valence-electron chi connectivity index (χ1n) is 23.3. The van der Waals surface area contributed by atoms with E-state index in [1.54, 1.807) is 36.5 Å². The lowest BCUT2D eigenvalue weighted by Crippen LogP contribution is -2.33. The Morgan fingerprint density at radius 1 is 0.656 bits per heavy atom. The van der Waals surface area contributed by atoms with Crippen LogP contribution < -0.4 is 14.5 Å². The summed E-state index contributed by atoms with van der Waals surface area (Å²) in [5, 5.41) is 7.01. The van der Waals surface area contributed by atoms with Crippen LogP contribution in [0.3, 0.4) is 0 Å². The normalized spacial score (nSPS) is 27.0. The summed E-state index contributed by atoms with van der Waals surface area (Å²) < 4.78 is 24.9. The van der Waals surface area contributed by atoms with Crippen LogP contribution in [0.4, 0.5) is 5.13 Å². The minimum atomic E-state index is -0.348. The summed E-state index contributed by atoms with van der Waals surface area (Å²) in [5.41, 5.74) is 1.35. The van der Waals surface area contributed by atoms with Crippen LogP contribution in [0.15, 0.2) is 47.6 Å². The predicted octanol–water partition coefficient (Wildman–Crippen LogP) is 11.0. The van der Waals surface area contributed by atoms with Gasteiger partial charge >= 0.3 is 23.9 Å². The molecule has 0 aliphatic heterocycles. The number of nitrogens with zero attached hydrogens (tertiary/aromatic N) is 3. The summed E-state index contributed by atoms with van der Waals surface area (Å²) in [6.07, 6.45) is 18.9. The van der Waals surface area contributed by atoms with E-state index in [0.29, 0.717) is 73.6 Å². The lowest BCUT2D eigenvalue weighted by Gasteiger charge is -2.31. The van der Waals surface area contributed by atoms with Crippen LogP contribution in [0.5, 0.6) is 11.5 Å². The minimum Gasteiger partial charge on any atom is -0.462 e. The fraction of sp³-hybridized carbons (Fsp3) is 0.633. The number of esters is 4. The highest BCUT2D eigenvalue weighted by molar-refractivity contribution is 7.22. The van der Waals surface area contributed by atoms with Crippen LogP contribution in [0.1, 0.15) is 148 Å². The average molecular weight is 856 g/mol.